The van der Waals surface area contributed by atoms with E-state index in [1.165, 1.54) is 4.68 Å². The van der Waals surface area contributed by atoms with E-state index in [2.05, 4.69) is 10.4 Å². The number of nitrogens with zero attached hydrogens (tertiary/aromatic N) is 3. The third-order valence-corrected chi connectivity index (χ3v) is 4.78. The van der Waals surface area contributed by atoms with Crippen LogP contribution in [0, 0.1) is 0 Å². The molecule has 0 saturated heterocycles. The van der Waals surface area contributed by atoms with Crippen LogP contribution in [0.4, 0.5) is 0 Å². The van der Waals surface area contributed by atoms with Gasteiger partial charge in [-0.1, -0.05) is 41.9 Å². The van der Waals surface area contributed by atoms with Crippen LogP contribution in [0.2, 0.25) is 5.02 Å². The molecule has 1 N–H and O–H groups in total. The predicted molar refractivity (Wildman–Crippen MR) is 106 cm³/mol. The molecule has 0 fully saturated rings. The first-order valence-electron chi connectivity index (χ1n) is 8.49. The monoisotopic (exact) mass is 380 g/mol. The fourth-order valence-electron chi connectivity index (χ4n) is 3.25. The zero-order chi connectivity index (χ0) is 19.0. The van der Waals surface area contributed by atoms with E-state index in [1.807, 2.05) is 42.5 Å². The fourth-order valence-corrected chi connectivity index (χ4v) is 3.47. The number of carbonyl (C=O) groups excluding carboxylic acids is 1. The molecule has 0 saturated carbocycles. The Balaban J connectivity index is 1.69. The molecule has 1 amide bonds. The Kier molecular flexibility index (Phi) is 4.41. The van der Waals surface area contributed by atoms with Crippen LogP contribution in [0.1, 0.15) is 5.56 Å². The summed E-state index contributed by atoms with van der Waals surface area (Å²) in [5.41, 5.74) is 1.99. The second-order valence-electron chi connectivity index (χ2n) is 6.35. The van der Waals surface area contributed by atoms with Crippen molar-refractivity contribution in [2.24, 2.45) is 7.05 Å². The van der Waals surface area contributed by atoms with E-state index in [-0.39, 0.29) is 18.0 Å². The first kappa shape index (κ1) is 17.3. The molecule has 0 aliphatic rings. The van der Waals surface area contributed by atoms with Gasteiger partial charge in [0, 0.05) is 34.9 Å². The van der Waals surface area contributed by atoms with Crippen LogP contribution >= 0.6 is 11.6 Å². The molecule has 0 unspecified atom stereocenters. The third-order valence-electron chi connectivity index (χ3n) is 4.55. The number of amides is 1. The van der Waals surface area contributed by atoms with Crippen LogP contribution in [0.15, 0.2) is 59.5 Å². The Morgan fingerprint density at radius 1 is 1.15 bits per heavy atom. The number of hydrogen-bond donors (Lipinski definition) is 1. The second kappa shape index (κ2) is 6.89. The largest absolute Gasteiger partial charge is 0.350 e. The molecule has 4 rings (SSSR count). The highest BCUT2D eigenvalue weighted by molar-refractivity contribution is 6.30. The van der Waals surface area contributed by atoms with E-state index in [0.29, 0.717) is 17.1 Å². The molecule has 2 aromatic heterocycles. The van der Waals surface area contributed by atoms with Crippen molar-refractivity contribution in [2.75, 3.05) is 0 Å². The molecule has 7 heteroatoms. The van der Waals surface area contributed by atoms with Crippen molar-refractivity contribution in [3.8, 4) is 0 Å². The van der Waals surface area contributed by atoms with Gasteiger partial charge in [-0.3, -0.25) is 9.59 Å². The Morgan fingerprint density at radius 2 is 1.96 bits per heavy atom. The van der Waals surface area contributed by atoms with Gasteiger partial charge in [0.2, 0.25) is 5.91 Å². The smallest absolute Gasteiger partial charge is 0.291 e. The lowest BCUT2D eigenvalue weighted by Gasteiger charge is -2.09. The minimum atomic E-state index is -0.230. The molecule has 136 valence electrons. The van der Waals surface area contributed by atoms with Crippen LogP contribution in [-0.2, 0) is 24.9 Å². The van der Waals surface area contributed by atoms with Gasteiger partial charge in [-0.2, -0.15) is 5.10 Å². The Labute approximate surface area is 160 Å². The second-order valence-corrected chi connectivity index (χ2v) is 6.78. The summed E-state index contributed by atoms with van der Waals surface area (Å²) in [7, 11) is 1.60. The average molecular weight is 381 g/mol. The number of aromatic nitrogens is 3. The summed E-state index contributed by atoms with van der Waals surface area (Å²) >= 11 is 5.98. The molecule has 6 nitrogen and oxygen atoms in total. The van der Waals surface area contributed by atoms with Crippen LogP contribution < -0.4 is 10.9 Å². The maximum absolute atomic E-state index is 12.7. The lowest BCUT2D eigenvalue weighted by molar-refractivity contribution is -0.121. The molecule has 0 aliphatic carbocycles. The van der Waals surface area contributed by atoms with Crippen LogP contribution in [0.3, 0.4) is 0 Å². The number of nitrogens with one attached hydrogen (secondary N) is 1. The summed E-state index contributed by atoms with van der Waals surface area (Å²) in [6, 6.07) is 15.0. The summed E-state index contributed by atoms with van der Waals surface area (Å²) in [5.74, 6) is -0.184. The van der Waals surface area contributed by atoms with Gasteiger partial charge in [-0.15, -0.1) is 0 Å². The van der Waals surface area contributed by atoms with E-state index < -0.39 is 0 Å². The molecule has 2 heterocycles. The third kappa shape index (κ3) is 3.19. The number of benzene rings is 2. The first-order valence-corrected chi connectivity index (χ1v) is 8.87. The molecule has 0 bridgehead atoms. The van der Waals surface area contributed by atoms with Gasteiger partial charge in [0.1, 0.15) is 12.1 Å². The maximum atomic E-state index is 12.7. The Bertz CT molecular complexity index is 1230. The average Bonchev–Trinajstić information content (AvgIpc) is 2.98. The summed E-state index contributed by atoms with van der Waals surface area (Å²) in [5, 5.41) is 9.27. The lowest BCUT2D eigenvalue weighted by atomic mass is 10.2. The van der Waals surface area contributed by atoms with E-state index in [9.17, 15) is 9.59 Å². The fraction of sp³-hybridized carbons (Fsp3) is 0.150. The van der Waals surface area contributed by atoms with E-state index in [1.54, 1.807) is 23.9 Å². The van der Waals surface area contributed by atoms with Crippen LogP contribution in [0.5, 0.6) is 0 Å². The van der Waals surface area contributed by atoms with Crippen molar-refractivity contribution < 1.29 is 4.79 Å². The normalized spacial score (nSPS) is 11.2. The number of rotatable bonds is 4. The van der Waals surface area contributed by atoms with Gasteiger partial charge >= 0.3 is 0 Å². The zero-order valence-corrected chi connectivity index (χ0v) is 15.4. The molecule has 4 aromatic rings. The molecule has 27 heavy (non-hydrogen) atoms. The van der Waals surface area contributed by atoms with Gasteiger partial charge in [-0.05, 0) is 23.8 Å². The lowest BCUT2D eigenvalue weighted by Crippen LogP contribution is -2.29. The van der Waals surface area contributed by atoms with Crippen molar-refractivity contribution in [3.63, 3.8) is 0 Å². The summed E-state index contributed by atoms with van der Waals surface area (Å²) in [6.45, 7) is 0.417. The highest BCUT2D eigenvalue weighted by atomic mass is 35.5. The van der Waals surface area contributed by atoms with Gasteiger partial charge in [-0.25, -0.2) is 4.68 Å². The van der Waals surface area contributed by atoms with Gasteiger partial charge in [0.15, 0.2) is 0 Å². The van der Waals surface area contributed by atoms with Crippen LogP contribution in [0.25, 0.3) is 21.8 Å². The number of aryl methyl sites for hydroxylation is 1. The maximum Gasteiger partial charge on any atom is 0.291 e. The van der Waals surface area contributed by atoms with Crippen molar-refractivity contribution in [1.29, 1.82) is 0 Å². The van der Waals surface area contributed by atoms with Crippen molar-refractivity contribution in [1.82, 2.24) is 19.7 Å². The molecule has 0 spiro atoms. The molecule has 2 aromatic carbocycles. The Hall–Kier alpha value is -3.12. The highest BCUT2D eigenvalue weighted by Gasteiger charge is 2.16. The summed E-state index contributed by atoms with van der Waals surface area (Å²) < 4.78 is 3.03. The molecule has 0 radical (unpaired) electrons. The van der Waals surface area contributed by atoms with Crippen LogP contribution in [-0.4, -0.2) is 20.3 Å². The van der Waals surface area contributed by atoms with Gasteiger partial charge in [0.05, 0.1) is 6.20 Å². The zero-order valence-electron chi connectivity index (χ0n) is 14.6. The van der Waals surface area contributed by atoms with E-state index in [0.717, 1.165) is 21.9 Å². The minimum absolute atomic E-state index is 0.0455. The Morgan fingerprint density at radius 3 is 2.78 bits per heavy atom. The number of para-hydroxylation sites is 1. The number of hydrogen-bond acceptors (Lipinski definition) is 3. The SMILES string of the molecule is Cn1ncc2c3ccccc3n(CC(=O)NCc3cccc(Cl)c3)c2c1=O. The van der Waals surface area contributed by atoms with Crippen molar-refractivity contribution >= 4 is 39.3 Å². The standard InChI is InChI=1S/C20H17ClN4O2/c1-24-20(27)19-16(11-23-24)15-7-2-3-8-17(15)25(19)12-18(26)22-10-13-5-4-6-14(21)9-13/h2-9,11H,10,12H2,1H3,(H,22,26). The molecular weight excluding hydrogens is 364 g/mol. The van der Waals surface area contributed by atoms with Gasteiger partial charge in [0.25, 0.3) is 5.56 Å². The predicted octanol–water partition coefficient (Wildman–Crippen LogP) is 2.86. The molecular formula is C20H17ClN4O2. The van der Waals surface area contributed by atoms with E-state index in [4.69, 9.17) is 11.6 Å². The minimum Gasteiger partial charge on any atom is -0.350 e. The quantitative estimate of drug-likeness (QED) is 0.592. The number of carbonyl (C=O) groups is 1. The van der Waals surface area contributed by atoms with Crippen molar-refractivity contribution in [2.45, 2.75) is 13.1 Å². The van der Waals surface area contributed by atoms with E-state index >= 15 is 0 Å². The molecule has 0 aliphatic heterocycles. The highest BCUT2D eigenvalue weighted by Crippen LogP contribution is 2.26. The number of fused-ring (bicyclic) bond motifs is 3. The topological polar surface area (TPSA) is 68.9 Å². The summed E-state index contributed by atoms with van der Waals surface area (Å²) in [4.78, 5) is 25.2. The van der Waals surface area contributed by atoms with Gasteiger partial charge < -0.3 is 9.88 Å². The first-order chi connectivity index (χ1) is 13.0. The summed E-state index contributed by atoms with van der Waals surface area (Å²) in [6.07, 6.45) is 1.67. The molecule has 0 atom stereocenters. The van der Waals surface area contributed by atoms with Crippen molar-refractivity contribution in [3.05, 3.63) is 75.7 Å². The number of halogens is 1.